The van der Waals surface area contributed by atoms with Gasteiger partial charge in [-0.25, -0.2) is 4.98 Å². The molecular weight excluding hydrogens is 248 g/mol. The van der Waals surface area contributed by atoms with Crippen molar-refractivity contribution in [3.05, 3.63) is 42.0 Å². The van der Waals surface area contributed by atoms with Gasteiger partial charge in [-0.3, -0.25) is 4.21 Å². The third kappa shape index (κ3) is 2.68. The highest BCUT2D eigenvalue weighted by Crippen LogP contribution is 2.29. The molecule has 0 saturated carbocycles. The molecule has 1 atom stereocenters. The van der Waals surface area contributed by atoms with Crippen molar-refractivity contribution in [2.45, 2.75) is 11.9 Å². The zero-order valence-corrected chi connectivity index (χ0v) is 11.0. The Kier molecular flexibility index (Phi) is 3.62. The molecule has 0 radical (unpaired) electrons. The third-order valence-corrected chi connectivity index (χ3v) is 3.34. The van der Waals surface area contributed by atoms with E-state index in [2.05, 4.69) is 10.3 Å². The van der Waals surface area contributed by atoms with Crippen molar-refractivity contribution in [3.63, 3.8) is 0 Å². The molecule has 0 aliphatic heterocycles. The SMILES string of the molecule is Cc1cccc(O)c1Nc1cccc(S(C)=O)n1. The molecule has 1 aromatic carbocycles. The number of anilines is 2. The Hall–Kier alpha value is -1.88. The number of pyridine rings is 1. The summed E-state index contributed by atoms with van der Waals surface area (Å²) in [6, 6.07) is 10.5. The van der Waals surface area contributed by atoms with Crippen molar-refractivity contribution in [3.8, 4) is 5.75 Å². The molecule has 0 aliphatic carbocycles. The molecule has 2 aromatic rings. The maximum atomic E-state index is 11.4. The number of phenols is 1. The lowest BCUT2D eigenvalue weighted by Gasteiger charge is -2.11. The summed E-state index contributed by atoms with van der Waals surface area (Å²) in [6.07, 6.45) is 1.58. The van der Waals surface area contributed by atoms with Crippen molar-refractivity contribution < 1.29 is 9.32 Å². The Labute approximate surface area is 108 Å². The standard InChI is InChI=1S/C13H14N2O2S/c1-9-5-3-6-10(16)13(9)15-11-7-4-8-12(14-11)18(2)17/h3-8,16H,1-2H3,(H,14,15). The predicted octanol–water partition coefficient (Wildman–Crippen LogP) is 2.58. The molecule has 0 aliphatic rings. The van der Waals surface area contributed by atoms with Crippen LogP contribution in [0.5, 0.6) is 5.75 Å². The topological polar surface area (TPSA) is 62.2 Å². The Morgan fingerprint density at radius 2 is 1.94 bits per heavy atom. The number of hydrogen-bond donors (Lipinski definition) is 2. The number of phenolic OH excluding ortho intramolecular Hbond substituents is 1. The van der Waals surface area contributed by atoms with Crippen molar-refractivity contribution in [1.82, 2.24) is 4.98 Å². The van der Waals surface area contributed by atoms with Gasteiger partial charge >= 0.3 is 0 Å². The van der Waals surface area contributed by atoms with Crippen LogP contribution in [0.1, 0.15) is 5.56 Å². The molecule has 0 bridgehead atoms. The normalized spacial score (nSPS) is 12.1. The molecule has 2 N–H and O–H groups in total. The first-order valence-corrected chi connectivity index (χ1v) is 7.00. The highest BCUT2D eigenvalue weighted by Gasteiger charge is 2.06. The van der Waals surface area contributed by atoms with E-state index in [-0.39, 0.29) is 5.75 Å². The summed E-state index contributed by atoms with van der Waals surface area (Å²) in [5, 5.41) is 13.3. The van der Waals surface area contributed by atoms with Crippen LogP contribution < -0.4 is 5.32 Å². The zero-order valence-electron chi connectivity index (χ0n) is 10.2. The summed E-state index contributed by atoms with van der Waals surface area (Å²) < 4.78 is 11.4. The molecule has 94 valence electrons. The second-order valence-corrected chi connectivity index (χ2v) is 5.24. The maximum Gasteiger partial charge on any atom is 0.139 e. The Morgan fingerprint density at radius 1 is 1.22 bits per heavy atom. The van der Waals surface area contributed by atoms with Crippen LogP contribution in [0.15, 0.2) is 41.4 Å². The van der Waals surface area contributed by atoms with Gasteiger partial charge in [0.25, 0.3) is 0 Å². The molecule has 1 unspecified atom stereocenters. The summed E-state index contributed by atoms with van der Waals surface area (Å²) in [5.74, 6) is 0.729. The molecule has 0 amide bonds. The highest BCUT2D eigenvalue weighted by molar-refractivity contribution is 7.84. The number of benzene rings is 1. The number of nitrogens with one attached hydrogen (secondary N) is 1. The van der Waals surface area contributed by atoms with E-state index < -0.39 is 10.8 Å². The first-order chi connectivity index (χ1) is 8.58. The molecule has 1 aromatic heterocycles. The van der Waals surface area contributed by atoms with Crippen molar-refractivity contribution >= 4 is 22.3 Å². The lowest BCUT2D eigenvalue weighted by Crippen LogP contribution is -1.99. The first-order valence-electron chi connectivity index (χ1n) is 5.44. The van der Waals surface area contributed by atoms with Gasteiger partial charge in [0.2, 0.25) is 0 Å². The number of aromatic hydroxyl groups is 1. The van der Waals surface area contributed by atoms with Gasteiger partial charge in [-0.15, -0.1) is 0 Å². The van der Waals surface area contributed by atoms with Gasteiger partial charge in [0.05, 0.1) is 16.5 Å². The fourth-order valence-electron chi connectivity index (χ4n) is 1.59. The van der Waals surface area contributed by atoms with Crippen LogP contribution in [-0.4, -0.2) is 20.6 Å². The van der Waals surface area contributed by atoms with Gasteiger partial charge in [0.15, 0.2) is 0 Å². The van der Waals surface area contributed by atoms with Crippen LogP contribution in [0, 0.1) is 6.92 Å². The average Bonchev–Trinajstić information content (AvgIpc) is 2.34. The third-order valence-electron chi connectivity index (χ3n) is 2.52. The minimum Gasteiger partial charge on any atom is -0.506 e. The number of nitrogens with zero attached hydrogens (tertiary/aromatic N) is 1. The number of aryl methyl sites for hydroxylation is 1. The molecule has 1 heterocycles. The van der Waals surface area contributed by atoms with Gasteiger partial charge in [0.1, 0.15) is 16.6 Å². The van der Waals surface area contributed by atoms with Gasteiger partial charge in [-0.05, 0) is 30.7 Å². The molecule has 0 spiro atoms. The maximum absolute atomic E-state index is 11.4. The van der Waals surface area contributed by atoms with Crippen LogP contribution in [0.4, 0.5) is 11.5 Å². The number of para-hydroxylation sites is 1. The molecule has 0 fully saturated rings. The van der Waals surface area contributed by atoms with Crippen LogP contribution in [-0.2, 0) is 10.8 Å². The second-order valence-electron chi connectivity index (χ2n) is 3.91. The van der Waals surface area contributed by atoms with E-state index >= 15 is 0 Å². The zero-order chi connectivity index (χ0) is 13.1. The molecule has 4 nitrogen and oxygen atoms in total. The van der Waals surface area contributed by atoms with Crippen LogP contribution >= 0.6 is 0 Å². The first kappa shape index (κ1) is 12.6. The largest absolute Gasteiger partial charge is 0.506 e. The highest BCUT2D eigenvalue weighted by atomic mass is 32.2. The Bertz CT molecular complexity index is 579. The molecular formula is C13H14N2O2S. The lowest BCUT2D eigenvalue weighted by molar-refractivity contribution is 0.477. The summed E-state index contributed by atoms with van der Waals surface area (Å²) in [7, 11) is -1.12. The Balaban J connectivity index is 2.34. The van der Waals surface area contributed by atoms with Gasteiger partial charge in [-0.2, -0.15) is 0 Å². The minimum atomic E-state index is -1.12. The van der Waals surface area contributed by atoms with E-state index in [9.17, 15) is 9.32 Å². The minimum absolute atomic E-state index is 0.167. The summed E-state index contributed by atoms with van der Waals surface area (Å²) in [5.41, 5.74) is 1.53. The van der Waals surface area contributed by atoms with Crippen LogP contribution in [0.25, 0.3) is 0 Å². The predicted molar refractivity (Wildman–Crippen MR) is 72.7 cm³/mol. The molecule has 0 saturated heterocycles. The number of hydrogen-bond acceptors (Lipinski definition) is 4. The number of aromatic nitrogens is 1. The molecule has 18 heavy (non-hydrogen) atoms. The van der Waals surface area contributed by atoms with Crippen molar-refractivity contribution in [2.75, 3.05) is 11.6 Å². The molecule has 2 rings (SSSR count). The van der Waals surface area contributed by atoms with Gasteiger partial charge < -0.3 is 10.4 Å². The van der Waals surface area contributed by atoms with Crippen molar-refractivity contribution in [2.24, 2.45) is 0 Å². The second kappa shape index (κ2) is 5.18. The molecule has 5 heteroatoms. The Morgan fingerprint density at radius 3 is 2.61 bits per heavy atom. The van der Waals surface area contributed by atoms with E-state index in [1.165, 1.54) is 0 Å². The quantitative estimate of drug-likeness (QED) is 0.835. The van der Waals surface area contributed by atoms with Gasteiger partial charge in [0, 0.05) is 6.26 Å². The van der Waals surface area contributed by atoms with E-state index in [1.54, 1.807) is 36.6 Å². The van der Waals surface area contributed by atoms with E-state index in [4.69, 9.17) is 0 Å². The fraction of sp³-hybridized carbons (Fsp3) is 0.154. The van der Waals surface area contributed by atoms with Crippen LogP contribution in [0.3, 0.4) is 0 Å². The van der Waals surface area contributed by atoms with E-state index in [1.807, 2.05) is 13.0 Å². The smallest absolute Gasteiger partial charge is 0.139 e. The monoisotopic (exact) mass is 262 g/mol. The summed E-state index contributed by atoms with van der Waals surface area (Å²) in [6.45, 7) is 1.89. The van der Waals surface area contributed by atoms with E-state index in [0.717, 1.165) is 5.56 Å². The van der Waals surface area contributed by atoms with Crippen molar-refractivity contribution in [1.29, 1.82) is 0 Å². The lowest BCUT2D eigenvalue weighted by atomic mass is 10.2. The summed E-state index contributed by atoms with van der Waals surface area (Å²) >= 11 is 0. The van der Waals surface area contributed by atoms with Gasteiger partial charge in [-0.1, -0.05) is 18.2 Å². The van der Waals surface area contributed by atoms with E-state index in [0.29, 0.717) is 16.5 Å². The summed E-state index contributed by atoms with van der Waals surface area (Å²) in [4.78, 5) is 4.23. The number of rotatable bonds is 3. The van der Waals surface area contributed by atoms with Crippen LogP contribution in [0.2, 0.25) is 0 Å². The average molecular weight is 262 g/mol. The fourth-order valence-corrected chi connectivity index (χ4v) is 2.08.